The molecule has 3 heteroatoms. The van der Waals surface area contributed by atoms with Crippen molar-refractivity contribution in [3.63, 3.8) is 0 Å². The molecular formula is C10H11NO2. The van der Waals surface area contributed by atoms with Gasteiger partial charge in [-0.15, -0.1) is 0 Å². The van der Waals surface area contributed by atoms with Gasteiger partial charge >= 0.3 is 0 Å². The molecule has 0 aliphatic rings. The molecule has 0 saturated heterocycles. The van der Waals surface area contributed by atoms with E-state index in [-0.39, 0.29) is 6.61 Å². The number of aromatic nitrogens is 1. The highest BCUT2D eigenvalue weighted by Gasteiger charge is 1.90. The Kier molecular flexibility index (Phi) is 3.80. The normalized spacial score (nSPS) is 8.77. The first-order valence-electron chi connectivity index (χ1n) is 3.96. The Morgan fingerprint density at radius 3 is 2.92 bits per heavy atom. The van der Waals surface area contributed by atoms with E-state index in [1.165, 1.54) is 0 Å². The van der Waals surface area contributed by atoms with Gasteiger partial charge in [0.2, 0.25) is 0 Å². The largest absolute Gasteiger partial charge is 0.495 e. The van der Waals surface area contributed by atoms with Crippen LogP contribution in [0.3, 0.4) is 0 Å². The molecule has 68 valence electrons. The molecule has 0 aromatic carbocycles. The maximum Gasteiger partial charge on any atom is 0.137 e. The van der Waals surface area contributed by atoms with Gasteiger partial charge in [0.05, 0.1) is 19.9 Å². The predicted octanol–water partition coefficient (Wildman–Crippen LogP) is 0.824. The highest BCUT2D eigenvalue weighted by Crippen LogP contribution is 2.06. The van der Waals surface area contributed by atoms with Gasteiger partial charge in [-0.25, -0.2) is 4.98 Å². The lowest BCUT2D eigenvalue weighted by Crippen LogP contribution is -1.86. The molecule has 0 spiro atoms. The number of rotatable bonds is 2. The van der Waals surface area contributed by atoms with Gasteiger partial charge in [0, 0.05) is 6.42 Å². The highest BCUT2D eigenvalue weighted by molar-refractivity contribution is 5.30. The van der Waals surface area contributed by atoms with E-state index in [1.54, 1.807) is 25.4 Å². The number of methoxy groups -OCH3 is 1. The Bertz CT molecular complexity index is 308. The van der Waals surface area contributed by atoms with Crippen LogP contribution in [-0.2, 0) is 0 Å². The smallest absolute Gasteiger partial charge is 0.137 e. The first-order valence-corrected chi connectivity index (χ1v) is 3.96. The van der Waals surface area contributed by atoms with Crippen LogP contribution < -0.4 is 4.74 Å². The zero-order valence-corrected chi connectivity index (χ0v) is 7.45. The SMILES string of the molecule is COc1ccc(C#CCCO)nc1. The van der Waals surface area contributed by atoms with E-state index in [0.29, 0.717) is 17.9 Å². The highest BCUT2D eigenvalue weighted by atomic mass is 16.5. The van der Waals surface area contributed by atoms with Gasteiger partial charge in [-0.3, -0.25) is 0 Å². The van der Waals surface area contributed by atoms with Gasteiger partial charge < -0.3 is 9.84 Å². The van der Waals surface area contributed by atoms with Crippen LogP contribution in [0.15, 0.2) is 18.3 Å². The van der Waals surface area contributed by atoms with Crippen molar-refractivity contribution >= 4 is 0 Å². The Morgan fingerprint density at radius 1 is 1.54 bits per heavy atom. The second-order valence-corrected chi connectivity index (χ2v) is 2.36. The van der Waals surface area contributed by atoms with Crippen molar-refractivity contribution in [2.75, 3.05) is 13.7 Å². The van der Waals surface area contributed by atoms with Crippen LogP contribution in [0.5, 0.6) is 5.75 Å². The molecule has 1 aromatic rings. The van der Waals surface area contributed by atoms with Crippen LogP contribution in [0.25, 0.3) is 0 Å². The molecule has 0 atom stereocenters. The molecule has 1 rings (SSSR count). The lowest BCUT2D eigenvalue weighted by atomic mass is 10.3. The average Bonchev–Trinajstić information content (AvgIpc) is 2.19. The fourth-order valence-electron chi connectivity index (χ4n) is 0.784. The van der Waals surface area contributed by atoms with Gasteiger partial charge in [-0.2, -0.15) is 0 Å². The Hall–Kier alpha value is -1.53. The van der Waals surface area contributed by atoms with E-state index in [9.17, 15) is 0 Å². The number of hydrogen-bond acceptors (Lipinski definition) is 3. The van der Waals surface area contributed by atoms with Crippen molar-refractivity contribution in [2.45, 2.75) is 6.42 Å². The Labute approximate surface area is 77.4 Å². The number of aliphatic hydroxyl groups excluding tert-OH is 1. The monoisotopic (exact) mass is 177 g/mol. The zero-order chi connectivity index (χ0) is 9.52. The average molecular weight is 177 g/mol. The molecule has 0 fully saturated rings. The molecular weight excluding hydrogens is 166 g/mol. The summed E-state index contributed by atoms with van der Waals surface area (Å²) in [4.78, 5) is 4.04. The van der Waals surface area contributed by atoms with Gasteiger partial charge in [0.15, 0.2) is 0 Å². The molecule has 0 amide bonds. The molecule has 3 nitrogen and oxygen atoms in total. The summed E-state index contributed by atoms with van der Waals surface area (Å²) >= 11 is 0. The molecule has 0 radical (unpaired) electrons. The molecule has 13 heavy (non-hydrogen) atoms. The van der Waals surface area contributed by atoms with E-state index in [2.05, 4.69) is 16.8 Å². The third-order valence-corrected chi connectivity index (χ3v) is 1.43. The quantitative estimate of drug-likeness (QED) is 0.680. The maximum absolute atomic E-state index is 8.48. The van der Waals surface area contributed by atoms with Crippen LogP contribution in [-0.4, -0.2) is 23.8 Å². The first-order chi connectivity index (χ1) is 6.36. The number of hydrogen-bond donors (Lipinski definition) is 1. The van der Waals surface area contributed by atoms with Crippen LogP contribution in [0, 0.1) is 11.8 Å². The molecule has 1 aromatic heterocycles. The second-order valence-electron chi connectivity index (χ2n) is 2.36. The van der Waals surface area contributed by atoms with Gasteiger partial charge in [-0.05, 0) is 18.1 Å². The lowest BCUT2D eigenvalue weighted by Gasteiger charge is -1.96. The summed E-state index contributed by atoms with van der Waals surface area (Å²) in [5, 5.41) is 8.48. The summed E-state index contributed by atoms with van der Waals surface area (Å²) in [6, 6.07) is 3.58. The first kappa shape index (κ1) is 9.56. The van der Waals surface area contributed by atoms with Crippen LogP contribution >= 0.6 is 0 Å². The molecule has 1 heterocycles. The van der Waals surface area contributed by atoms with Crippen LogP contribution in [0.1, 0.15) is 12.1 Å². The minimum Gasteiger partial charge on any atom is -0.495 e. The van der Waals surface area contributed by atoms with E-state index in [1.807, 2.05) is 0 Å². The van der Waals surface area contributed by atoms with Gasteiger partial charge in [-0.1, -0.05) is 5.92 Å². The summed E-state index contributed by atoms with van der Waals surface area (Å²) in [7, 11) is 1.59. The summed E-state index contributed by atoms with van der Waals surface area (Å²) in [6.45, 7) is 0.0865. The summed E-state index contributed by atoms with van der Waals surface area (Å²) in [5.41, 5.74) is 0.689. The minimum absolute atomic E-state index is 0.0865. The molecule has 0 unspecified atom stereocenters. The van der Waals surface area contributed by atoms with Crippen molar-refractivity contribution in [1.82, 2.24) is 4.98 Å². The summed E-state index contributed by atoms with van der Waals surface area (Å²) in [5.74, 6) is 6.32. The Balaban J connectivity index is 2.65. The molecule has 0 bridgehead atoms. The van der Waals surface area contributed by atoms with Crippen molar-refractivity contribution in [3.05, 3.63) is 24.0 Å². The lowest BCUT2D eigenvalue weighted by molar-refractivity contribution is 0.305. The van der Waals surface area contributed by atoms with Gasteiger partial charge in [0.1, 0.15) is 11.4 Å². The maximum atomic E-state index is 8.48. The van der Waals surface area contributed by atoms with Crippen molar-refractivity contribution in [1.29, 1.82) is 0 Å². The van der Waals surface area contributed by atoms with E-state index in [4.69, 9.17) is 9.84 Å². The predicted molar refractivity (Wildman–Crippen MR) is 49.4 cm³/mol. The van der Waals surface area contributed by atoms with E-state index >= 15 is 0 Å². The fraction of sp³-hybridized carbons (Fsp3) is 0.300. The number of pyridine rings is 1. The van der Waals surface area contributed by atoms with Crippen molar-refractivity contribution in [3.8, 4) is 17.6 Å². The number of nitrogens with zero attached hydrogens (tertiary/aromatic N) is 1. The summed E-state index contributed by atoms with van der Waals surface area (Å²) < 4.78 is 4.94. The number of ether oxygens (including phenoxy) is 1. The minimum atomic E-state index is 0.0865. The molecule has 1 N–H and O–H groups in total. The fourth-order valence-corrected chi connectivity index (χ4v) is 0.784. The van der Waals surface area contributed by atoms with E-state index in [0.717, 1.165) is 0 Å². The van der Waals surface area contributed by atoms with Crippen molar-refractivity contribution < 1.29 is 9.84 Å². The zero-order valence-electron chi connectivity index (χ0n) is 7.45. The topological polar surface area (TPSA) is 42.4 Å². The molecule has 0 aliphatic carbocycles. The number of aliphatic hydroxyl groups is 1. The third kappa shape index (κ3) is 3.14. The van der Waals surface area contributed by atoms with Gasteiger partial charge in [0.25, 0.3) is 0 Å². The van der Waals surface area contributed by atoms with Crippen molar-refractivity contribution in [2.24, 2.45) is 0 Å². The third-order valence-electron chi connectivity index (χ3n) is 1.43. The molecule has 0 aliphatic heterocycles. The van der Waals surface area contributed by atoms with Crippen LogP contribution in [0.2, 0.25) is 0 Å². The summed E-state index contributed by atoms with van der Waals surface area (Å²) in [6.07, 6.45) is 2.09. The standard InChI is InChI=1S/C10H11NO2/c1-13-10-6-5-9(11-8-10)4-2-3-7-12/h5-6,8,12H,3,7H2,1H3. The second kappa shape index (κ2) is 5.18. The Morgan fingerprint density at radius 2 is 2.38 bits per heavy atom. The van der Waals surface area contributed by atoms with E-state index < -0.39 is 0 Å². The molecule has 0 saturated carbocycles. The van der Waals surface area contributed by atoms with Crippen LogP contribution in [0.4, 0.5) is 0 Å².